The van der Waals surface area contributed by atoms with Crippen molar-refractivity contribution >= 4 is 15.7 Å². The van der Waals surface area contributed by atoms with Crippen molar-refractivity contribution in [3.05, 3.63) is 35.2 Å². The third-order valence-corrected chi connectivity index (χ3v) is 4.32. The quantitative estimate of drug-likeness (QED) is 0.899. The Morgan fingerprint density at radius 3 is 2.47 bits per heavy atom. The van der Waals surface area contributed by atoms with Crippen LogP contribution < -0.4 is 4.72 Å². The lowest BCUT2D eigenvalue weighted by atomic mass is 10.2. The summed E-state index contributed by atoms with van der Waals surface area (Å²) in [6.45, 7) is 4.81. The van der Waals surface area contributed by atoms with Crippen LogP contribution in [0.15, 0.2) is 27.6 Å². The number of hydrogen-bond donors (Lipinski definition) is 2. The second kappa shape index (κ2) is 4.58. The maximum absolute atomic E-state index is 12.2. The number of aromatic hydroxyl groups is 1. The van der Waals surface area contributed by atoms with Gasteiger partial charge in [0.05, 0.1) is 5.69 Å². The first-order valence-electron chi connectivity index (χ1n) is 5.56. The van der Waals surface area contributed by atoms with E-state index < -0.39 is 10.0 Å². The molecule has 0 fully saturated rings. The lowest BCUT2D eigenvalue weighted by Crippen LogP contribution is -2.14. The first kappa shape index (κ1) is 13.4. The number of benzene rings is 1. The fourth-order valence-corrected chi connectivity index (χ4v) is 3.12. The molecule has 1 aromatic heterocycles. The van der Waals surface area contributed by atoms with E-state index >= 15 is 0 Å². The fraction of sp³-hybridized carbons (Fsp3) is 0.250. The fourth-order valence-electron chi connectivity index (χ4n) is 1.74. The second-order valence-corrected chi connectivity index (χ2v) is 5.88. The molecule has 0 saturated heterocycles. The van der Waals surface area contributed by atoms with Crippen LogP contribution in [0.2, 0.25) is 0 Å². The van der Waals surface area contributed by atoms with Crippen molar-refractivity contribution in [2.75, 3.05) is 4.72 Å². The van der Waals surface area contributed by atoms with Gasteiger partial charge in [0.1, 0.15) is 11.4 Å². The van der Waals surface area contributed by atoms with Crippen LogP contribution in [0.4, 0.5) is 5.69 Å². The highest BCUT2D eigenvalue weighted by molar-refractivity contribution is 7.92. The van der Waals surface area contributed by atoms with Crippen LogP contribution in [0.1, 0.15) is 17.0 Å². The summed E-state index contributed by atoms with van der Waals surface area (Å²) < 4.78 is 31.6. The standard InChI is InChI=1S/C12H14N2O4S/c1-7-4-5-10(6-11(7)15)14-19(16,17)12-8(2)13-18-9(12)3/h4-6,14-15H,1-3H3. The van der Waals surface area contributed by atoms with Gasteiger partial charge in [-0.2, -0.15) is 0 Å². The molecular weight excluding hydrogens is 268 g/mol. The average Bonchev–Trinajstić information content (AvgIpc) is 2.64. The van der Waals surface area contributed by atoms with Crippen LogP contribution in [0.25, 0.3) is 0 Å². The molecule has 0 bridgehead atoms. The van der Waals surface area contributed by atoms with E-state index in [1.165, 1.54) is 13.0 Å². The number of rotatable bonds is 3. The Morgan fingerprint density at radius 1 is 1.26 bits per heavy atom. The Bertz CT molecular complexity index is 700. The summed E-state index contributed by atoms with van der Waals surface area (Å²) in [6.07, 6.45) is 0. The number of nitrogens with zero attached hydrogens (tertiary/aromatic N) is 1. The normalized spacial score (nSPS) is 11.5. The molecule has 0 spiro atoms. The first-order valence-corrected chi connectivity index (χ1v) is 7.05. The molecule has 7 heteroatoms. The summed E-state index contributed by atoms with van der Waals surface area (Å²) in [6, 6.07) is 4.55. The number of hydrogen-bond acceptors (Lipinski definition) is 5. The van der Waals surface area contributed by atoms with Gasteiger partial charge in [-0.1, -0.05) is 11.2 Å². The van der Waals surface area contributed by atoms with Gasteiger partial charge >= 0.3 is 0 Å². The van der Waals surface area contributed by atoms with Gasteiger partial charge in [-0.15, -0.1) is 0 Å². The Morgan fingerprint density at radius 2 is 1.95 bits per heavy atom. The van der Waals surface area contributed by atoms with E-state index in [1.54, 1.807) is 26.0 Å². The number of sulfonamides is 1. The van der Waals surface area contributed by atoms with E-state index in [-0.39, 0.29) is 22.1 Å². The zero-order valence-electron chi connectivity index (χ0n) is 10.8. The van der Waals surface area contributed by atoms with Crippen molar-refractivity contribution in [2.45, 2.75) is 25.7 Å². The summed E-state index contributed by atoms with van der Waals surface area (Å²) in [4.78, 5) is 0.0209. The van der Waals surface area contributed by atoms with Crippen LogP contribution >= 0.6 is 0 Å². The second-order valence-electron chi connectivity index (χ2n) is 4.26. The lowest BCUT2D eigenvalue weighted by Gasteiger charge is -2.08. The van der Waals surface area contributed by atoms with Crippen molar-refractivity contribution in [3.63, 3.8) is 0 Å². The molecule has 0 aliphatic carbocycles. The van der Waals surface area contributed by atoms with Gasteiger partial charge < -0.3 is 9.63 Å². The molecule has 0 atom stereocenters. The number of phenolic OH excluding ortho intramolecular Hbond substituents is 1. The van der Waals surface area contributed by atoms with Crippen LogP contribution in [-0.4, -0.2) is 18.7 Å². The third-order valence-electron chi connectivity index (χ3n) is 2.70. The number of anilines is 1. The minimum Gasteiger partial charge on any atom is -0.508 e. The van der Waals surface area contributed by atoms with Gasteiger partial charge in [0.2, 0.25) is 0 Å². The van der Waals surface area contributed by atoms with Gasteiger partial charge in [0.25, 0.3) is 10.0 Å². The molecule has 2 rings (SSSR count). The van der Waals surface area contributed by atoms with E-state index in [1.807, 2.05) is 0 Å². The Balaban J connectivity index is 2.39. The Hall–Kier alpha value is -2.02. The van der Waals surface area contributed by atoms with Crippen LogP contribution in [0, 0.1) is 20.8 Å². The molecule has 1 heterocycles. The van der Waals surface area contributed by atoms with Gasteiger partial charge in [-0.3, -0.25) is 4.72 Å². The molecule has 0 aliphatic rings. The molecule has 2 N–H and O–H groups in total. The lowest BCUT2D eigenvalue weighted by molar-refractivity contribution is 0.390. The predicted octanol–water partition coefficient (Wildman–Crippen LogP) is 2.11. The van der Waals surface area contributed by atoms with Gasteiger partial charge in [-0.05, 0) is 32.4 Å². The van der Waals surface area contributed by atoms with E-state index in [0.717, 1.165) is 0 Å². The molecule has 2 aromatic rings. The molecule has 1 aromatic carbocycles. The highest BCUT2D eigenvalue weighted by Crippen LogP contribution is 2.25. The zero-order chi connectivity index (χ0) is 14.2. The molecule has 0 radical (unpaired) electrons. The Labute approximate surface area is 111 Å². The highest BCUT2D eigenvalue weighted by Gasteiger charge is 2.24. The summed E-state index contributed by atoms with van der Waals surface area (Å²) in [5.74, 6) is 0.250. The highest BCUT2D eigenvalue weighted by atomic mass is 32.2. The average molecular weight is 282 g/mol. The minimum atomic E-state index is -3.78. The summed E-state index contributed by atoms with van der Waals surface area (Å²) in [5.41, 5.74) is 1.24. The number of phenols is 1. The molecular formula is C12H14N2O4S. The number of nitrogens with one attached hydrogen (secondary N) is 1. The molecule has 6 nitrogen and oxygen atoms in total. The SMILES string of the molecule is Cc1ccc(NS(=O)(=O)c2c(C)noc2C)cc1O. The van der Waals surface area contributed by atoms with Crippen molar-refractivity contribution in [1.29, 1.82) is 0 Å². The van der Waals surface area contributed by atoms with Crippen LogP contribution in [0.5, 0.6) is 5.75 Å². The smallest absolute Gasteiger partial charge is 0.267 e. The van der Waals surface area contributed by atoms with Crippen molar-refractivity contribution in [3.8, 4) is 5.75 Å². The molecule has 0 amide bonds. The van der Waals surface area contributed by atoms with E-state index in [9.17, 15) is 13.5 Å². The minimum absolute atomic E-state index is 0.0209. The van der Waals surface area contributed by atoms with Gasteiger partial charge in [0.15, 0.2) is 10.7 Å². The van der Waals surface area contributed by atoms with Gasteiger partial charge in [0, 0.05) is 6.07 Å². The summed E-state index contributed by atoms with van der Waals surface area (Å²) in [7, 11) is -3.78. The largest absolute Gasteiger partial charge is 0.508 e. The molecule has 0 unspecified atom stereocenters. The van der Waals surface area contributed by atoms with Crippen molar-refractivity contribution < 1.29 is 18.0 Å². The van der Waals surface area contributed by atoms with Crippen molar-refractivity contribution in [2.24, 2.45) is 0 Å². The van der Waals surface area contributed by atoms with E-state index in [0.29, 0.717) is 11.3 Å². The number of aromatic nitrogens is 1. The van der Waals surface area contributed by atoms with E-state index in [4.69, 9.17) is 4.52 Å². The summed E-state index contributed by atoms with van der Waals surface area (Å²) >= 11 is 0. The molecule has 19 heavy (non-hydrogen) atoms. The first-order chi connectivity index (χ1) is 8.81. The number of aryl methyl sites for hydroxylation is 3. The zero-order valence-corrected chi connectivity index (χ0v) is 11.6. The third kappa shape index (κ3) is 2.55. The van der Waals surface area contributed by atoms with Crippen LogP contribution in [-0.2, 0) is 10.0 Å². The van der Waals surface area contributed by atoms with Gasteiger partial charge in [-0.25, -0.2) is 8.42 Å². The molecule has 0 aliphatic heterocycles. The van der Waals surface area contributed by atoms with Crippen LogP contribution in [0.3, 0.4) is 0 Å². The summed E-state index contributed by atoms with van der Waals surface area (Å²) in [5, 5.41) is 13.2. The maximum Gasteiger partial charge on any atom is 0.267 e. The Kier molecular flexibility index (Phi) is 3.23. The maximum atomic E-state index is 12.2. The molecule has 0 saturated carbocycles. The predicted molar refractivity (Wildman–Crippen MR) is 69.6 cm³/mol. The topological polar surface area (TPSA) is 92.4 Å². The molecule has 102 valence electrons. The monoisotopic (exact) mass is 282 g/mol. The van der Waals surface area contributed by atoms with E-state index in [2.05, 4.69) is 9.88 Å². The van der Waals surface area contributed by atoms with Crippen molar-refractivity contribution in [1.82, 2.24) is 5.16 Å².